The Balaban J connectivity index is 2.21. The molecule has 0 fully saturated rings. The van der Waals surface area contributed by atoms with E-state index in [9.17, 15) is 15.0 Å². The van der Waals surface area contributed by atoms with Crippen molar-refractivity contribution in [3.63, 3.8) is 0 Å². The summed E-state index contributed by atoms with van der Waals surface area (Å²) >= 11 is 0. The topological polar surface area (TPSA) is 76.0 Å². The van der Waals surface area contributed by atoms with Crippen molar-refractivity contribution in [2.75, 3.05) is 14.2 Å². The number of hydrogen-bond acceptors (Lipinski definition) is 5. The Bertz CT molecular complexity index is 719. The van der Waals surface area contributed by atoms with E-state index in [4.69, 9.17) is 9.47 Å². The lowest BCUT2D eigenvalue weighted by Gasteiger charge is -2.05. The largest absolute Gasteiger partial charge is 0.504 e. The van der Waals surface area contributed by atoms with E-state index in [1.807, 2.05) is 0 Å². The lowest BCUT2D eigenvalue weighted by molar-refractivity contribution is 0.104. The molecule has 5 nitrogen and oxygen atoms in total. The zero-order chi connectivity index (χ0) is 16.1. The summed E-state index contributed by atoms with van der Waals surface area (Å²) in [6.45, 7) is 0. The first-order valence-electron chi connectivity index (χ1n) is 6.51. The molecule has 22 heavy (non-hydrogen) atoms. The van der Waals surface area contributed by atoms with Crippen molar-refractivity contribution >= 4 is 11.9 Å². The summed E-state index contributed by atoms with van der Waals surface area (Å²) in [6, 6.07) is 9.17. The Morgan fingerprint density at radius 1 is 0.955 bits per heavy atom. The molecule has 114 valence electrons. The van der Waals surface area contributed by atoms with Gasteiger partial charge >= 0.3 is 0 Å². The number of ketones is 1. The van der Waals surface area contributed by atoms with Gasteiger partial charge in [0, 0.05) is 5.56 Å². The summed E-state index contributed by atoms with van der Waals surface area (Å²) in [7, 11) is 2.87. The number of aromatic hydroxyl groups is 2. The van der Waals surface area contributed by atoms with Crippen molar-refractivity contribution in [3.8, 4) is 23.0 Å². The number of methoxy groups -OCH3 is 2. The zero-order valence-electron chi connectivity index (χ0n) is 12.2. The third-order valence-electron chi connectivity index (χ3n) is 3.10. The van der Waals surface area contributed by atoms with E-state index in [0.717, 1.165) is 0 Å². The number of phenols is 2. The molecule has 2 aromatic carbocycles. The highest BCUT2D eigenvalue weighted by Gasteiger charge is 2.07. The van der Waals surface area contributed by atoms with Crippen LogP contribution in [0.5, 0.6) is 23.0 Å². The van der Waals surface area contributed by atoms with Crippen LogP contribution in [-0.4, -0.2) is 30.2 Å². The monoisotopic (exact) mass is 300 g/mol. The first kappa shape index (κ1) is 15.4. The smallest absolute Gasteiger partial charge is 0.185 e. The van der Waals surface area contributed by atoms with Crippen LogP contribution in [0.1, 0.15) is 15.9 Å². The lowest BCUT2D eigenvalue weighted by atomic mass is 10.1. The maximum absolute atomic E-state index is 12.1. The summed E-state index contributed by atoms with van der Waals surface area (Å²) in [5, 5.41) is 19.0. The molecule has 0 amide bonds. The second kappa shape index (κ2) is 6.67. The van der Waals surface area contributed by atoms with Crippen molar-refractivity contribution < 1.29 is 24.5 Å². The number of carbonyl (C=O) groups excluding carboxylic acids is 1. The number of hydrogen-bond donors (Lipinski definition) is 2. The van der Waals surface area contributed by atoms with Gasteiger partial charge in [-0.25, -0.2) is 0 Å². The molecule has 0 saturated heterocycles. The van der Waals surface area contributed by atoms with Crippen LogP contribution in [0, 0.1) is 0 Å². The fourth-order valence-electron chi connectivity index (χ4n) is 1.90. The van der Waals surface area contributed by atoms with Gasteiger partial charge in [-0.15, -0.1) is 0 Å². The third-order valence-corrected chi connectivity index (χ3v) is 3.10. The Kier molecular flexibility index (Phi) is 4.68. The molecule has 2 rings (SSSR count). The first-order chi connectivity index (χ1) is 10.5. The molecule has 2 N–H and O–H groups in total. The molecular weight excluding hydrogens is 284 g/mol. The van der Waals surface area contributed by atoms with Crippen LogP contribution in [0.4, 0.5) is 0 Å². The predicted molar refractivity (Wildman–Crippen MR) is 82.7 cm³/mol. The minimum atomic E-state index is -0.231. The van der Waals surface area contributed by atoms with Gasteiger partial charge in [0.1, 0.15) is 0 Å². The Morgan fingerprint density at radius 2 is 1.55 bits per heavy atom. The van der Waals surface area contributed by atoms with Gasteiger partial charge in [-0.2, -0.15) is 0 Å². The van der Waals surface area contributed by atoms with Crippen molar-refractivity contribution in [1.82, 2.24) is 0 Å². The second-order valence-corrected chi connectivity index (χ2v) is 4.52. The molecule has 2 aromatic rings. The summed E-state index contributed by atoms with van der Waals surface area (Å²) in [5.41, 5.74) is 1.12. The van der Waals surface area contributed by atoms with E-state index in [-0.39, 0.29) is 23.0 Å². The second-order valence-electron chi connectivity index (χ2n) is 4.52. The molecule has 0 aromatic heterocycles. The van der Waals surface area contributed by atoms with Crippen molar-refractivity contribution in [2.45, 2.75) is 0 Å². The quantitative estimate of drug-likeness (QED) is 0.655. The van der Waals surface area contributed by atoms with Gasteiger partial charge in [0.25, 0.3) is 0 Å². The van der Waals surface area contributed by atoms with E-state index in [0.29, 0.717) is 16.9 Å². The lowest BCUT2D eigenvalue weighted by Crippen LogP contribution is -1.95. The van der Waals surface area contributed by atoms with E-state index in [1.165, 1.54) is 44.6 Å². The normalized spacial score (nSPS) is 10.6. The summed E-state index contributed by atoms with van der Waals surface area (Å²) in [6.07, 6.45) is 3.02. The van der Waals surface area contributed by atoms with Gasteiger partial charge < -0.3 is 19.7 Å². The zero-order valence-corrected chi connectivity index (χ0v) is 12.2. The van der Waals surface area contributed by atoms with Crippen LogP contribution < -0.4 is 9.47 Å². The minimum absolute atomic E-state index is 0.0219. The van der Waals surface area contributed by atoms with Crippen LogP contribution >= 0.6 is 0 Å². The molecule has 0 unspecified atom stereocenters. The summed E-state index contributed by atoms with van der Waals surface area (Å²) < 4.78 is 9.98. The van der Waals surface area contributed by atoms with Crippen molar-refractivity contribution in [3.05, 3.63) is 53.6 Å². The van der Waals surface area contributed by atoms with Crippen LogP contribution in [-0.2, 0) is 0 Å². The fraction of sp³-hybridized carbons (Fsp3) is 0.118. The van der Waals surface area contributed by atoms with Gasteiger partial charge in [-0.05, 0) is 42.0 Å². The highest BCUT2D eigenvalue weighted by atomic mass is 16.5. The molecule has 0 spiro atoms. The molecule has 0 atom stereocenters. The molecule has 0 bridgehead atoms. The molecule has 0 aliphatic carbocycles. The average Bonchev–Trinajstić information content (AvgIpc) is 2.54. The van der Waals surface area contributed by atoms with Gasteiger partial charge in [-0.3, -0.25) is 4.79 Å². The van der Waals surface area contributed by atoms with E-state index >= 15 is 0 Å². The number of carbonyl (C=O) groups is 1. The number of allylic oxidation sites excluding steroid dienone is 1. The van der Waals surface area contributed by atoms with Gasteiger partial charge in [0.15, 0.2) is 28.8 Å². The Labute approximate surface area is 128 Å². The fourth-order valence-corrected chi connectivity index (χ4v) is 1.90. The van der Waals surface area contributed by atoms with Gasteiger partial charge in [0.2, 0.25) is 0 Å². The molecule has 0 radical (unpaired) electrons. The van der Waals surface area contributed by atoms with Crippen molar-refractivity contribution in [1.29, 1.82) is 0 Å². The number of phenolic OH excluding ortho intramolecular Hbond substituents is 2. The number of ether oxygens (including phenoxy) is 2. The highest BCUT2D eigenvalue weighted by molar-refractivity contribution is 6.07. The van der Waals surface area contributed by atoms with Crippen LogP contribution in [0.15, 0.2) is 42.5 Å². The van der Waals surface area contributed by atoms with E-state index < -0.39 is 0 Å². The maximum atomic E-state index is 12.1. The standard InChI is InChI=1S/C17H16O5/c1-21-16-9-11(4-7-14(16)19)3-6-13(18)12-5-8-15(20)17(10-12)22-2/h3-10,19-20H,1-2H3/b6-3+. The molecule has 5 heteroatoms. The van der Waals surface area contributed by atoms with Crippen LogP contribution in [0.3, 0.4) is 0 Å². The molecule has 0 saturated carbocycles. The first-order valence-corrected chi connectivity index (χ1v) is 6.51. The highest BCUT2D eigenvalue weighted by Crippen LogP contribution is 2.28. The molecule has 0 aliphatic rings. The summed E-state index contributed by atoms with van der Waals surface area (Å²) in [4.78, 5) is 12.1. The summed E-state index contributed by atoms with van der Waals surface area (Å²) in [5.74, 6) is 0.359. The Morgan fingerprint density at radius 3 is 2.18 bits per heavy atom. The van der Waals surface area contributed by atoms with E-state index in [1.54, 1.807) is 18.2 Å². The molecule has 0 aliphatic heterocycles. The Hall–Kier alpha value is -2.95. The SMILES string of the molecule is COc1cc(/C=C/C(=O)c2ccc(O)c(OC)c2)ccc1O. The average molecular weight is 300 g/mol. The van der Waals surface area contributed by atoms with Crippen LogP contribution in [0.25, 0.3) is 6.08 Å². The van der Waals surface area contributed by atoms with Gasteiger partial charge in [0.05, 0.1) is 14.2 Å². The van der Waals surface area contributed by atoms with E-state index in [2.05, 4.69) is 0 Å². The molecule has 0 heterocycles. The molecular formula is C17H16O5. The number of benzene rings is 2. The van der Waals surface area contributed by atoms with Gasteiger partial charge in [-0.1, -0.05) is 12.1 Å². The predicted octanol–water partition coefficient (Wildman–Crippen LogP) is 3.01. The minimum Gasteiger partial charge on any atom is -0.504 e. The van der Waals surface area contributed by atoms with Crippen LogP contribution in [0.2, 0.25) is 0 Å². The maximum Gasteiger partial charge on any atom is 0.185 e. The third kappa shape index (κ3) is 3.38. The number of rotatable bonds is 5. The van der Waals surface area contributed by atoms with Crippen molar-refractivity contribution in [2.24, 2.45) is 0 Å².